The van der Waals surface area contributed by atoms with Crippen LogP contribution in [0.3, 0.4) is 0 Å². The summed E-state index contributed by atoms with van der Waals surface area (Å²) in [6.45, 7) is 0. The second kappa shape index (κ2) is 4.87. The number of H-pyrrole nitrogens is 1. The maximum Gasteiger partial charge on any atom is 0.228 e. The van der Waals surface area contributed by atoms with Gasteiger partial charge in [-0.1, -0.05) is 6.07 Å². The van der Waals surface area contributed by atoms with Gasteiger partial charge in [0.1, 0.15) is 5.82 Å². The number of aromatic nitrogens is 3. The summed E-state index contributed by atoms with van der Waals surface area (Å²) < 4.78 is 14.7. The first-order valence-corrected chi connectivity index (χ1v) is 7.46. The van der Waals surface area contributed by atoms with Gasteiger partial charge in [0.2, 0.25) is 5.91 Å². The normalized spacial score (nSPS) is 23.6. The van der Waals surface area contributed by atoms with Gasteiger partial charge in [-0.05, 0) is 36.6 Å². The van der Waals surface area contributed by atoms with Gasteiger partial charge in [0.15, 0.2) is 0 Å². The van der Waals surface area contributed by atoms with Gasteiger partial charge < -0.3 is 5.73 Å². The van der Waals surface area contributed by atoms with E-state index in [0.717, 1.165) is 17.4 Å². The lowest BCUT2D eigenvalue weighted by atomic mass is 9.54. The van der Waals surface area contributed by atoms with Crippen molar-refractivity contribution >= 4 is 16.8 Å². The van der Waals surface area contributed by atoms with Crippen molar-refractivity contribution in [1.29, 1.82) is 0 Å². The highest BCUT2D eigenvalue weighted by Gasteiger charge is 2.54. The topological polar surface area (TPSA) is 84.7 Å². The molecule has 1 aliphatic carbocycles. The third-order valence-corrected chi connectivity index (χ3v) is 4.96. The van der Waals surface area contributed by atoms with Crippen molar-refractivity contribution in [3.63, 3.8) is 0 Å². The van der Waals surface area contributed by atoms with Crippen LogP contribution in [0.4, 0.5) is 4.39 Å². The van der Waals surface area contributed by atoms with Crippen LogP contribution in [-0.2, 0) is 10.2 Å². The van der Waals surface area contributed by atoms with Gasteiger partial charge in [0.25, 0.3) is 0 Å². The van der Waals surface area contributed by atoms with Crippen molar-refractivity contribution in [1.82, 2.24) is 15.2 Å². The van der Waals surface area contributed by atoms with Crippen molar-refractivity contribution < 1.29 is 9.18 Å². The fraction of sp³-hybridized carbons (Fsp3) is 0.235. The van der Waals surface area contributed by atoms with E-state index in [9.17, 15) is 9.18 Å². The van der Waals surface area contributed by atoms with Crippen LogP contribution in [0.1, 0.15) is 29.9 Å². The molecule has 1 fully saturated rings. The van der Waals surface area contributed by atoms with Gasteiger partial charge >= 0.3 is 0 Å². The molecular formula is C17H15FN4O. The minimum absolute atomic E-state index is 0.160. The Labute approximate surface area is 131 Å². The number of carbonyl (C=O) groups is 1. The summed E-state index contributed by atoms with van der Waals surface area (Å²) in [7, 11) is 0. The van der Waals surface area contributed by atoms with Crippen LogP contribution in [0.2, 0.25) is 0 Å². The number of carbonyl (C=O) groups excluding carboxylic acids is 1. The van der Waals surface area contributed by atoms with E-state index in [-0.39, 0.29) is 5.92 Å². The van der Waals surface area contributed by atoms with Crippen LogP contribution in [-0.4, -0.2) is 21.1 Å². The highest BCUT2D eigenvalue weighted by Crippen LogP contribution is 2.55. The van der Waals surface area contributed by atoms with E-state index in [2.05, 4.69) is 15.2 Å². The zero-order valence-corrected chi connectivity index (χ0v) is 12.3. The minimum Gasteiger partial charge on any atom is -0.369 e. The van der Waals surface area contributed by atoms with Crippen molar-refractivity contribution in [3.8, 4) is 0 Å². The first-order valence-electron chi connectivity index (χ1n) is 7.46. The minimum atomic E-state index is -1.03. The van der Waals surface area contributed by atoms with Gasteiger partial charge in [0, 0.05) is 29.3 Å². The number of nitrogens with two attached hydrogens (primary N) is 1. The first-order chi connectivity index (χ1) is 11.1. The molecule has 0 saturated heterocycles. The van der Waals surface area contributed by atoms with E-state index in [4.69, 9.17) is 5.73 Å². The van der Waals surface area contributed by atoms with Crippen LogP contribution < -0.4 is 5.73 Å². The lowest BCUT2D eigenvalue weighted by molar-refractivity contribution is -0.128. The highest BCUT2D eigenvalue weighted by molar-refractivity contribution is 5.91. The van der Waals surface area contributed by atoms with Crippen molar-refractivity contribution in [2.45, 2.75) is 24.2 Å². The standard InChI is InChI=1S/C17H15FN4O/c18-14-7-15-11(9-21-22-15)6-13(14)17(16(19)23)4-3-12(17)10-2-1-5-20-8-10/h1-2,5-9,12H,3-4H2,(H2,19,23)(H,21,22). The molecule has 2 unspecified atom stereocenters. The Hall–Kier alpha value is -2.76. The molecule has 5 nitrogen and oxygen atoms in total. The largest absolute Gasteiger partial charge is 0.369 e. The number of aromatic amines is 1. The zero-order valence-electron chi connectivity index (χ0n) is 12.3. The second-order valence-electron chi connectivity index (χ2n) is 6.00. The van der Waals surface area contributed by atoms with Gasteiger partial charge in [0.05, 0.1) is 17.1 Å². The molecule has 0 aliphatic heterocycles. The number of halogens is 1. The maximum absolute atomic E-state index is 14.7. The fourth-order valence-electron chi connectivity index (χ4n) is 3.67. The van der Waals surface area contributed by atoms with Gasteiger partial charge in [-0.3, -0.25) is 14.9 Å². The number of rotatable bonds is 3. The average molecular weight is 310 g/mol. The van der Waals surface area contributed by atoms with Crippen molar-refractivity contribution in [3.05, 3.63) is 59.8 Å². The fourth-order valence-corrected chi connectivity index (χ4v) is 3.67. The number of nitrogens with zero attached hydrogens (tertiary/aromatic N) is 2. The number of hydrogen-bond donors (Lipinski definition) is 2. The molecule has 0 spiro atoms. The molecule has 3 N–H and O–H groups in total. The Kier molecular flexibility index (Phi) is 2.94. The molecule has 6 heteroatoms. The Morgan fingerprint density at radius 3 is 2.91 bits per heavy atom. The number of primary amides is 1. The van der Waals surface area contributed by atoms with Crippen LogP contribution in [0.15, 0.2) is 42.9 Å². The lowest BCUT2D eigenvalue weighted by Crippen LogP contribution is -2.53. The number of benzene rings is 1. The molecule has 116 valence electrons. The molecule has 1 amide bonds. The number of amides is 1. The molecule has 23 heavy (non-hydrogen) atoms. The van der Waals surface area contributed by atoms with E-state index in [1.807, 2.05) is 12.1 Å². The molecule has 3 aromatic rings. The zero-order chi connectivity index (χ0) is 16.0. The molecule has 2 heterocycles. The Morgan fingerprint density at radius 2 is 2.26 bits per heavy atom. The Bertz CT molecular complexity index is 892. The molecule has 0 radical (unpaired) electrons. The molecule has 1 aromatic carbocycles. The number of nitrogens with one attached hydrogen (secondary N) is 1. The summed E-state index contributed by atoms with van der Waals surface area (Å²) in [5, 5.41) is 7.41. The monoisotopic (exact) mass is 310 g/mol. The summed E-state index contributed by atoms with van der Waals surface area (Å²) in [4.78, 5) is 16.4. The Morgan fingerprint density at radius 1 is 1.39 bits per heavy atom. The smallest absolute Gasteiger partial charge is 0.228 e. The summed E-state index contributed by atoms with van der Waals surface area (Å²) >= 11 is 0. The quantitative estimate of drug-likeness (QED) is 0.779. The average Bonchev–Trinajstić information content (AvgIpc) is 2.95. The molecule has 4 rings (SSSR count). The predicted octanol–water partition coefficient (Wildman–Crippen LogP) is 2.40. The number of hydrogen-bond acceptors (Lipinski definition) is 3. The van der Waals surface area contributed by atoms with Gasteiger partial charge in [-0.15, -0.1) is 0 Å². The maximum atomic E-state index is 14.7. The summed E-state index contributed by atoms with van der Waals surface area (Å²) in [6, 6.07) is 6.78. The van der Waals surface area contributed by atoms with E-state index in [1.165, 1.54) is 6.07 Å². The third-order valence-electron chi connectivity index (χ3n) is 4.96. The van der Waals surface area contributed by atoms with Gasteiger partial charge in [-0.25, -0.2) is 4.39 Å². The van der Waals surface area contributed by atoms with Crippen LogP contribution in [0.5, 0.6) is 0 Å². The summed E-state index contributed by atoms with van der Waals surface area (Å²) in [5.41, 5.74) is 6.56. The van der Waals surface area contributed by atoms with Crippen LogP contribution >= 0.6 is 0 Å². The molecule has 2 atom stereocenters. The van der Waals surface area contributed by atoms with Crippen LogP contribution in [0, 0.1) is 5.82 Å². The SMILES string of the molecule is NC(=O)C1(c2cc3cn[nH]c3cc2F)CCC1c1cccnc1. The third kappa shape index (κ3) is 1.87. The Balaban J connectivity index is 1.90. The highest BCUT2D eigenvalue weighted by atomic mass is 19.1. The predicted molar refractivity (Wildman–Crippen MR) is 83.1 cm³/mol. The summed E-state index contributed by atoms with van der Waals surface area (Å²) in [6.07, 6.45) is 6.31. The summed E-state index contributed by atoms with van der Waals surface area (Å²) in [5.74, 6) is -1.10. The molecule has 1 saturated carbocycles. The van der Waals surface area contributed by atoms with E-state index >= 15 is 0 Å². The first kappa shape index (κ1) is 13.9. The van der Waals surface area contributed by atoms with E-state index in [1.54, 1.807) is 24.7 Å². The van der Waals surface area contributed by atoms with Crippen molar-refractivity contribution in [2.24, 2.45) is 5.73 Å². The molecular weight excluding hydrogens is 295 g/mol. The molecule has 1 aliphatic rings. The van der Waals surface area contributed by atoms with Crippen molar-refractivity contribution in [2.75, 3.05) is 0 Å². The lowest BCUT2D eigenvalue weighted by Gasteiger charge is -2.47. The molecule has 2 aromatic heterocycles. The number of pyridine rings is 1. The molecule has 0 bridgehead atoms. The van der Waals surface area contributed by atoms with Crippen LogP contribution in [0.25, 0.3) is 10.9 Å². The van der Waals surface area contributed by atoms with Gasteiger partial charge in [-0.2, -0.15) is 5.10 Å². The number of fused-ring (bicyclic) bond motifs is 1. The second-order valence-corrected chi connectivity index (χ2v) is 6.00. The van der Waals surface area contributed by atoms with E-state index in [0.29, 0.717) is 17.5 Å². The van der Waals surface area contributed by atoms with E-state index < -0.39 is 17.1 Å².